The van der Waals surface area contributed by atoms with Crippen LogP contribution in [0.4, 0.5) is 13.6 Å². The van der Waals surface area contributed by atoms with Crippen molar-refractivity contribution >= 4 is 11.7 Å². The van der Waals surface area contributed by atoms with Crippen molar-refractivity contribution in [3.8, 4) is 0 Å². The Balaban J connectivity index is 1.74. The van der Waals surface area contributed by atoms with Crippen molar-refractivity contribution < 1.29 is 18.3 Å². The molecule has 4 nitrogen and oxygen atoms in total. The average molecular weight is 364 g/mol. The fourth-order valence-corrected chi connectivity index (χ4v) is 3.99. The van der Waals surface area contributed by atoms with Crippen LogP contribution in [0.15, 0.2) is 23.2 Å². The van der Waals surface area contributed by atoms with Crippen LogP contribution < -0.4 is 5.32 Å². The zero-order valence-corrected chi connectivity index (χ0v) is 15.1. The van der Waals surface area contributed by atoms with E-state index in [0.717, 1.165) is 6.07 Å². The summed E-state index contributed by atoms with van der Waals surface area (Å²) in [5.41, 5.74) is 1.12. The van der Waals surface area contributed by atoms with Gasteiger partial charge in [0, 0.05) is 24.3 Å². The van der Waals surface area contributed by atoms with Crippen molar-refractivity contribution in [2.75, 3.05) is 13.2 Å². The topological polar surface area (TPSA) is 50.7 Å². The van der Waals surface area contributed by atoms with Crippen molar-refractivity contribution in [2.24, 2.45) is 16.8 Å². The maximum Gasteiger partial charge on any atom is 0.341 e. The Labute approximate surface area is 153 Å². The Bertz CT molecular complexity index is 652. The van der Waals surface area contributed by atoms with Gasteiger partial charge in [-0.3, -0.25) is 0 Å². The van der Waals surface area contributed by atoms with E-state index in [1.54, 1.807) is 0 Å². The number of carbonyl (C=O) groups excluding carboxylic acids is 1. The Morgan fingerprint density at radius 1 is 1.12 bits per heavy atom. The van der Waals surface area contributed by atoms with Crippen molar-refractivity contribution in [3.63, 3.8) is 0 Å². The maximum absolute atomic E-state index is 13.7. The summed E-state index contributed by atoms with van der Waals surface area (Å²) < 4.78 is 33.3. The summed E-state index contributed by atoms with van der Waals surface area (Å²) in [5.74, 6) is -0.954. The molecular weight excluding hydrogens is 338 g/mol. The number of carbonyl (C=O) groups is 1. The van der Waals surface area contributed by atoms with Crippen LogP contribution >= 0.6 is 0 Å². The van der Waals surface area contributed by atoms with Crippen molar-refractivity contribution in [1.29, 1.82) is 0 Å². The van der Waals surface area contributed by atoms with E-state index in [4.69, 9.17) is 4.74 Å². The standard InChI is InChI=1S/C20H26F2N2O2/c1-2-18-17(12-26-11-13-6-4-3-5-7-13)19(24-20(25)23-18)14-8-15(21)10-16(22)9-14/h8-10,13,17,19H,2-7,11-12H2,1H3,(H,24,25). The SMILES string of the molecule is CCC1=NC(=O)NC(c2cc(F)cc(F)c2)C1COCC1CCCCC1. The van der Waals surface area contributed by atoms with Crippen LogP contribution in [0.1, 0.15) is 57.1 Å². The monoisotopic (exact) mass is 364 g/mol. The minimum atomic E-state index is -0.656. The molecule has 1 aromatic carbocycles. The zero-order chi connectivity index (χ0) is 18.5. The summed E-state index contributed by atoms with van der Waals surface area (Å²) in [5, 5.41) is 2.75. The lowest BCUT2D eigenvalue weighted by atomic mass is 9.87. The molecule has 1 aliphatic heterocycles. The number of aliphatic imine (C=N–C) groups is 1. The van der Waals surface area contributed by atoms with Crippen LogP contribution in [-0.4, -0.2) is 25.0 Å². The first-order chi connectivity index (χ1) is 12.6. The highest BCUT2D eigenvalue weighted by atomic mass is 19.1. The van der Waals surface area contributed by atoms with Gasteiger partial charge in [0.15, 0.2) is 0 Å². The van der Waals surface area contributed by atoms with Crippen molar-refractivity contribution in [2.45, 2.75) is 51.5 Å². The van der Waals surface area contributed by atoms with E-state index < -0.39 is 23.7 Å². The van der Waals surface area contributed by atoms with Gasteiger partial charge in [0.05, 0.1) is 12.6 Å². The third-order valence-electron chi connectivity index (χ3n) is 5.34. The number of hydrogen-bond acceptors (Lipinski definition) is 2. The molecule has 142 valence electrons. The van der Waals surface area contributed by atoms with Gasteiger partial charge in [-0.25, -0.2) is 18.6 Å². The number of ether oxygens (including phenoxy) is 1. The van der Waals surface area contributed by atoms with Gasteiger partial charge in [-0.1, -0.05) is 26.2 Å². The van der Waals surface area contributed by atoms with E-state index in [2.05, 4.69) is 10.3 Å². The molecule has 1 aliphatic carbocycles. The number of urea groups is 1. The summed E-state index contributed by atoms with van der Waals surface area (Å²) in [4.78, 5) is 16.0. The van der Waals surface area contributed by atoms with Crippen LogP contribution in [0.3, 0.4) is 0 Å². The molecule has 1 fully saturated rings. The summed E-state index contributed by atoms with van der Waals surface area (Å²) in [6.45, 7) is 2.99. The summed E-state index contributed by atoms with van der Waals surface area (Å²) in [6, 6.07) is 2.35. The minimum absolute atomic E-state index is 0.220. The second kappa shape index (κ2) is 8.71. The van der Waals surface area contributed by atoms with E-state index >= 15 is 0 Å². The second-order valence-electron chi connectivity index (χ2n) is 7.23. The lowest BCUT2D eigenvalue weighted by Gasteiger charge is -2.32. The van der Waals surface area contributed by atoms with Gasteiger partial charge < -0.3 is 10.1 Å². The average Bonchev–Trinajstić information content (AvgIpc) is 2.62. The molecule has 2 unspecified atom stereocenters. The molecule has 0 aromatic heterocycles. The molecule has 6 heteroatoms. The van der Waals surface area contributed by atoms with Crippen LogP contribution in [0.2, 0.25) is 0 Å². The first kappa shape index (κ1) is 19.0. The lowest BCUT2D eigenvalue weighted by Crippen LogP contribution is -2.43. The molecule has 0 bridgehead atoms. The fourth-order valence-electron chi connectivity index (χ4n) is 3.99. The van der Waals surface area contributed by atoms with Gasteiger partial charge in [0.2, 0.25) is 0 Å². The molecule has 2 atom stereocenters. The van der Waals surface area contributed by atoms with E-state index in [9.17, 15) is 13.6 Å². The number of rotatable bonds is 6. The van der Waals surface area contributed by atoms with E-state index in [0.29, 0.717) is 36.8 Å². The van der Waals surface area contributed by atoms with E-state index in [1.165, 1.54) is 44.2 Å². The predicted molar refractivity (Wildman–Crippen MR) is 96.2 cm³/mol. The maximum atomic E-state index is 13.7. The number of benzene rings is 1. The molecule has 26 heavy (non-hydrogen) atoms. The largest absolute Gasteiger partial charge is 0.380 e. The Morgan fingerprint density at radius 2 is 1.81 bits per heavy atom. The van der Waals surface area contributed by atoms with Crippen molar-refractivity contribution in [1.82, 2.24) is 5.32 Å². The van der Waals surface area contributed by atoms with Gasteiger partial charge in [-0.05, 0) is 42.9 Å². The Morgan fingerprint density at radius 3 is 2.46 bits per heavy atom. The zero-order valence-electron chi connectivity index (χ0n) is 15.1. The summed E-state index contributed by atoms with van der Waals surface area (Å²) in [6.07, 6.45) is 6.77. The Hall–Kier alpha value is -1.82. The molecule has 1 aromatic rings. The molecule has 0 spiro atoms. The van der Waals surface area contributed by atoms with Crippen LogP contribution in [0.25, 0.3) is 0 Å². The van der Waals surface area contributed by atoms with Gasteiger partial charge >= 0.3 is 6.03 Å². The highest BCUT2D eigenvalue weighted by Gasteiger charge is 2.33. The van der Waals surface area contributed by atoms with Crippen molar-refractivity contribution in [3.05, 3.63) is 35.4 Å². The molecule has 1 N–H and O–H groups in total. The molecule has 0 radical (unpaired) electrons. The van der Waals surface area contributed by atoms with Gasteiger partial charge in [-0.15, -0.1) is 0 Å². The highest BCUT2D eigenvalue weighted by Crippen LogP contribution is 2.30. The minimum Gasteiger partial charge on any atom is -0.380 e. The van der Waals surface area contributed by atoms with Crippen LogP contribution in [-0.2, 0) is 4.74 Å². The molecule has 3 rings (SSSR count). The number of nitrogens with one attached hydrogen (secondary N) is 1. The summed E-state index contributed by atoms with van der Waals surface area (Å²) in [7, 11) is 0. The van der Waals surface area contributed by atoms with Gasteiger partial charge in [0.1, 0.15) is 11.6 Å². The number of amides is 2. The number of nitrogens with zero attached hydrogens (tertiary/aromatic N) is 1. The lowest BCUT2D eigenvalue weighted by molar-refractivity contribution is 0.0651. The normalized spacial score (nSPS) is 24.3. The molecule has 0 saturated heterocycles. The Kier molecular flexibility index (Phi) is 6.35. The quantitative estimate of drug-likeness (QED) is 0.789. The third-order valence-corrected chi connectivity index (χ3v) is 5.34. The van der Waals surface area contributed by atoms with E-state index in [1.807, 2.05) is 6.92 Å². The van der Waals surface area contributed by atoms with Gasteiger partial charge in [0.25, 0.3) is 0 Å². The number of halogens is 2. The second-order valence-corrected chi connectivity index (χ2v) is 7.23. The fraction of sp³-hybridized carbons (Fsp3) is 0.600. The molecule has 2 amide bonds. The third kappa shape index (κ3) is 4.67. The molecule has 1 heterocycles. The molecule has 2 aliphatic rings. The number of hydrogen-bond donors (Lipinski definition) is 1. The first-order valence-electron chi connectivity index (χ1n) is 9.48. The van der Waals surface area contributed by atoms with Crippen LogP contribution in [0.5, 0.6) is 0 Å². The first-order valence-corrected chi connectivity index (χ1v) is 9.48. The van der Waals surface area contributed by atoms with Crippen LogP contribution in [0, 0.1) is 23.5 Å². The summed E-state index contributed by atoms with van der Waals surface area (Å²) >= 11 is 0. The predicted octanol–water partition coefficient (Wildman–Crippen LogP) is 4.79. The molecular formula is C20H26F2N2O2. The smallest absolute Gasteiger partial charge is 0.341 e. The van der Waals surface area contributed by atoms with E-state index in [-0.39, 0.29) is 5.92 Å². The van der Waals surface area contributed by atoms with Gasteiger partial charge in [-0.2, -0.15) is 0 Å². The highest BCUT2D eigenvalue weighted by molar-refractivity contribution is 5.99. The molecule has 1 saturated carbocycles.